The largest absolute Gasteiger partial charge is 0.365 e. The predicted octanol–water partition coefficient (Wildman–Crippen LogP) is 1.40. The lowest BCUT2D eigenvalue weighted by Crippen LogP contribution is -2.50. The van der Waals surface area contributed by atoms with E-state index in [1.54, 1.807) is 29.3 Å². The summed E-state index contributed by atoms with van der Waals surface area (Å²) in [5.41, 5.74) is 1.78. The first kappa shape index (κ1) is 16.7. The molecule has 1 fully saturated rings. The van der Waals surface area contributed by atoms with Gasteiger partial charge in [-0.1, -0.05) is 12.1 Å². The molecule has 1 amide bonds. The van der Waals surface area contributed by atoms with Gasteiger partial charge >= 0.3 is 0 Å². The Balaban J connectivity index is 1.63. The summed E-state index contributed by atoms with van der Waals surface area (Å²) in [6, 6.07) is 10.6. The number of carbonyl (C=O) groups is 1. The SMILES string of the molecule is Cc1cccc(S(=O)(=O)N2CCN(C(=O)Cc3ccc[nH]3)CC2)c1. The standard InChI is InChI=1S/C17H21N3O3S/c1-14-4-2-6-16(12-14)24(22,23)20-10-8-19(9-11-20)17(21)13-15-5-3-7-18-15/h2-7,12,18H,8-11,13H2,1H3. The summed E-state index contributed by atoms with van der Waals surface area (Å²) in [7, 11) is -3.49. The summed E-state index contributed by atoms with van der Waals surface area (Å²) in [6.07, 6.45) is 2.10. The summed E-state index contributed by atoms with van der Waals surface area (Å²) in [5.74, 6) is 0.0186. The van der Waals surface area contributed by atoms with Crippen LogP contribution in [0.25, 0.3) is 0 Å². The van der Waals surface area contributed by atoms with Crippen LogP contribution in [0.4, 0.5) is 0 Å². The number of sulfonamides is 1. The molecule has 2 heterocycles. The van der Waals surface area contributed by atoms with Crippen molar-refractivity contribution in [1.29, 1.82) is 0 Å². The van der Waals surface area contributed by atoms with Crippen LogP contribution in [0.5, 0.6) is 0 Å². The predicted molar refractivity (Wildman–Crippen MR) is 91.0 cm³/mol. The third-order valence-electron chi connectivity index (χ3n) is 4.22. The highest BCUT2D eigenvalue weighted by atomic mass is 32.2. The van der Waals surface area contributed by atoms with Gasteiger partial charge in [-0.25, -0.2) is 8.42 Å². The molecule has 1 N–H and O–H groups in total. The summed E-state index contributed by atoms with van der Waals surface area (Å²) in [6.45, 7) is 3.37. The lowest BCUT2D eigenvalue weighted by molar-refractivity contribution is -0.131. The van der Waals surface area contributed by atoms with Crippen LogP contribution in [-0.2, 0) is 21.2 Å². The maximum absolute atomic E-state index is 12.7. The third-order valence-corrected chi connectivity index (χ3v) is 6.12. The number of rotatable bonds is 4. The Bertz CT molecular complexity index is 807. The van der Waals surface area contributed by atoms with Gasteiger partial charge in [0.05, 0.1) is 11.3 Å². The highest BCUT2D eigenvalue weighted by Gasteiger charge is 2.30. The van der Waals surface area contributed by atoms with Gasteiger partial charge in [-0.05, 0) is 36.8 Å². The first-order valence-corrected chi connectivity index (χ1v) is 9.38. The monoisotopic (exact) mass is 347 g/mol. The molecule has 2 aromatic rings. The van der Waals surface area contributed by atoms with Crippen molar-refractivity contribution in [3.8, 4) is 0 Å². The average molecular weight is 347 g/mol. The second-order valence-corrected chi connectivity index (χ2v) is 7.91. The van der Waals surface area contributed by atoms with E-state index in [0.29, 0.717) is 37.5 Å². The fraction of sp³-hybridized carbons (Fsp3) is 0.353. The van der Waals surface area contributed by atoms with Gasteiger partial charge in [0.1, 0.15) is 0 Å². The Kier molecular flexibility index (Phi) is 4.73. The van der Waals surface area contributed by atoms with E-state index in [1.165, 1.54) is 4.31 Å². The van der Waals surface area contributed by atoms with Crippen LogP contribution in [0.3, 0.4) is 0 Å². The fourth-order valence-electron chi connectivity index (χ4n) is 2.85. The number of nitrogens with one attached hydrogen (secondary N) is 1. The molecule has 1 saturated heterocycles. The first-order valence-electron chi connectivity index (χ1n) is 7.94. The molecule has 24 heavy (non-hydrogen) atoms. The van der Waals surface area contributed by atoms with Crippen LogP contribution in [0.1, 0.15) is 11.3 Å². The number of nitrogens with zero attached hydrogens (tertiary/aromatic N) is 2. The maximum Gasteiger partial charge on any atom is 0.243 e. The second-order valence-electron chi connectivity index (χ2n) is 5.97. The first-order chi connectivity index (χ1) is 11.5. The molecule has 1 aliphatic rings. The molecule has 1 aliphatic heterocycles. The Morgan fingerprint density at radius 2 is 1.88 bits per heavy atom. The lowest BCUT2D eigenvalue weighted by Gasteiger charge is -2.34. The highest BCUT2D eigenvalue weighted by Crippen LogP contribution is 2.19. The van der Waals surface area contributed by atoms with Crippen LogP contribution in [-0.4, -0.2) is 54.7 Å². The van der Waals surface area contributed by atoms with Gasteiger partial charge < -0.3 is 9.88 Å². The summed E-state index contributed by atoms with van der Waals surface area (Å²) in [4.78, 5) is 17.3. The summed E-state index contributed by atoms with van der Waals surface area (Å²) >= 11 is 0. The Morgan fingerprint density at radius 3 is 2.50 bits per heavy atom. The second kappa shape index (κ2) is 6.78. The van der Waals surface area contributed by atoms with E-state index in [2.05, 4.69) is 4.98 Å². The van der Waals surface area contributed by atoms with Gasteiger partial charge in [-0.2, -0.15) is 4.31 Å². The van der Waals surface area contributed by atoms with Crippen molar-refractivity contribution in [1.82, 2.24) is 14.2 Å². The molecule has 128 valence electrons. The van der Waals surface area contributed by atoms with Crippen molar-refractivity contribution in [2.24, 2.45) is 0 Å². The quantitative estimate of drug-likeness (QED) is 0.908. The number of benzene rings is 1. The molecule has 0 radical (unpaired) electrons. The summed E-state index contributed by atoms with van der Waals surface area (Å²) in [5, 5.41) is 0. The molecule has 0 bridgehead atoms. The van der Waals surface area contributed by atoms with Crippen LogP contribution in [0.15, 0.2) is 47.5 Å². The number of H-pyrrole nitrogens is 1. The minimum Gasteiger partial charge on any atom is -0.365 e. The average Bonchev–Trinajstić information content (AvgIpc) is 3.08. The van der Waals surface area contributed by atoms with Crippen LogP contribution < -0.4 is 0 Å². The number of carbonyl (C=O) groups excluding carboxylic acids is 1. The van der Waals surface area contributed by atoms with Crippen molar-refractivity contribution in [2.45, 2.75) is 18.2 Å². The lowest BCUT2D eigenvalue weighted by atomic mass is 10.2. The molecule has 0 atom stereocenters. The number of aromatic nitrogens is 1. The Morgan fingerprint density at radius 1 is 1.12 bits per heavy atom. The van der Waals surface area contributed by atoms with E-state index in [0.717, 1.165) is 11.3 Å². The zero-order valence-electron chi connectivity index (χ0n) is 13.6. The van der Waals surface area contributed by atoms with E-state index >= 15 is 0 Å². The normalized spacial score (nSPS) is 16.3. The fourth-order valence-corrected chi connectivity index (χ4v) is 4.38. The van der Waals surface area contributed by atoms with Gasteiger partial charge in [-0.15, -0.1) is 0 Å². The van der Waals surface area contributed by atoms with Crippen molar-refractivity contribution in [3.63, 3.8) is 0 Å². The molecule has 3 rings (SSSR count). The van der Waals surface area contributed by atoms with E-state index in [9.17, 15) is 13.2 Å². The minimum absolute atomic E-state index is 0.0186. The van der Waals surface area contributed by atoms with Crippen molar-refractivity contribution in [3.05, 3.63) is 53.9 Å². The molecule has 6 nitrogen and oxygen atoms in total. The number of hydrogen-bond acceptors (Lipinski definition) is 3. The number of amides is 1. The highest BCUT2D eigenvalue weighted by molar-refractivity contribution is 7.89. The van der Waals surface area contributed by atoms with Crippen LogP contribution in [0, 0.1) is 6.92 Å². The maximum atomic E-state index is 12.7. The molecule has 0 saturated carbocycles. The van der Waals surface area contributed by atoms with E-state index in [1.807, 2.05) is 25.1 Å². The molecule has 0 aliphatic carbocycles. The van der Waals surface area contributed by atoms with E-state index < -0.39 is 10.0 Å². The summed E-state index contributed by atoms with van der Waals surface area (Å²) < 4.78 is 26.8. The zero-order valence-corrected chi connectivity index (χ0v) is 14.4. The molecule has 1 aromatic carbocycles. The molecular weight excluding hydrogens is 326 g/mol. The van der Waals surface area contributed by atoms with Gasteiger partial charge in [0.25, 0.3) is 0 Å². The number of piperazine rings is 1. The molecule has 0 spiro atoms. The Labute approximate surface area is 142 Å². The number of hydrogen-bond donors (Lipinski definition) is 1. The molecular formula is C17H21N3O3S. The van der Waals surface area contributed by atoms with Gasteiger partial charge in [0.2, 0.25) is 15.9 Å². The van der Waals surface area contributed by atoms with E-state index in [-0.39, 0.29) is 5.91 Å². The Hall–Kier alpha value is -2.12. The van der Waals surface area contributed by atoms with Gasteiger partial charge in [0.15, 0.2) is 0 Å². The topological polar surface area (TPSA) is 73.5 Å². The number of aryl methyl sites for hydroxylation is 1. The van der Waals surface area contributed by atoms with Crippen molar-refractivity contribution in [2.75, 3.05) is 26.2 Å². The smallest absolute Gasteiger partial charge is 0.243 e. The third kappa shape index (κ3) is 3.52. The molecule has 7 heteroatoms. The minimum atomic E-state index is -3.49. The van der Waals surface area contributed by atoms with E-state index in [4.69, 9.17) is 0 Å². The van der Waals surface area contributed by atoms with Crippen molar-refractivity contribution >= 4 is 15.9 Å². The van der Waals surface area contributed by atoms with Crippen LogP contribution in [0.2, 0.25) is 0 Å². The van der Waals surface area contributed by atoms with Crippen molar-refractivity contribution < 1.29 is 13.2 Å². The molecule has 1 aromatic heterocycles. The van der Waals surface area contributed by atoms with Crippen LogP contribution >= 0.6 is 0 Å². The van der Waals surface area contributed by atoms with Gasteiger partial charge in [-0.3, -0.25) is 4.79 Å². The molecule has 0 unspecified atom stereocenters. The number of aromatic amines is 1. The van der Waals surface area contributed by atoms with Gasteiger partial charge in [0, 0.05) is 38.1 Å². The zero-order chi connectivity index (χ0) is 17.2.